The lowest BCUT2D eigenvalue weighted by molar-refractivity contribution is -0.577. The number of halogens is 1. The number of nitrogens with zero attached hydrogens (tertiary/aromatic N) is 1. The van der Waals surface area contributed by atoms with Crippen molar-refractivity contribution in [3.05, 3.63) is 41.0 Å². The number of methoxy groups -OCH3 is 2. The van der Waals surface area contributed by atoms with Crippen LogP contribution in [0, 0.1) is 11.0 Å². The third kappa shape index (κ3) is 1.81. The summed E-state index contributed by atoms with van der Waals surface area (Å²) in [6, 6.07) is 3.45. The Morgan fingerprint density at radius 3 is 2.72 bits per heavy atom. The van der Waals surface area contributed by atoms with E-state index in [1.54, 1.807) is 0 Å². The summed E-state index contributed by atoms with van der Waals surface area (Å²) in [5.41, 5.74) is -0.0377. The number of ether oxygens (including phenoxy) is 2. The van der Waals surface area contributed by atoms with E-state index < -0.39 is 11.8 Å². The molecule has 5 nitrogen and oxygen atoms in total. The lowest BCUT2D eigenvalue weighted by atomic mass is 10.1. The van der Waals surface area contributed by atoms with Crippen molar-refractivity contribution >= 4 is 16.9 Å². The fourth-order valence-corrected chi connectivity index (χ4v) is 1.77. The van der Waals surface area contributed by atoms with E-state index >= 15 is 0 Å². The van der Waals surface area contributed by atoms with Crippen LogP contribution in [0.1, 0.15) is 10.4 Å². The quantitative estimate of drug-likeness (QED) is 0.460. The molecule has 1 heterocycles. The number of pyridine rings is 1. The number of aromatic nitrogens is 1. The van der Waals surface area contributed by atoms with E-state index in [2.05, 4.69) is 4.74 Å². The summed E-state index contributed by atoms with van der Waals surface area (Å²) >= 11 is 0. The average Bonchev–Trinajstić information content (AvgIpc) is 2.38. The molecule has 0 aliphatic carbocycles. The van der Waals surface area contributed by atoms with Crippen LogP contribution in [0.25, 0.3) is 10.9 Å². The van der Waals surface area contributed by atoms with Crippen molar-refractivity contribution in [1.29, 1.82) is 0 Å². The number of rotatable bonds is 2. The molecule has 0 saturated heterocycles. The summed E-state index contributed by atoms with van der Waals surface area (Å²) in [7, 11) is 2.58. The van der Waals surface area contributed by atoms with Crippen LogP contribution in [-0.2, 0) is 4.74 Å². The zero-order valence-corrected chi connectivity index (χ0v) is 9.77. The van der Waals surface area contributed by atoms with Gasteiger partial charge in [-0.1, -0.05) is 0 Å². The maximum absolute atomic E-state index is 13.4. The van der Waals surface area contributed by atoms with E-state index in [1.807, 2.05) is 0 Å². The summed E-state index contributed by atoms with van der Waals surface area (Å²) in [4.78, 5) is 11.6. The average molecular weight is 251 g/mol. The molecule has 2 rings (SSSR count). The van der Waals surface area contributed by atoms with Crippen molar-refractivity contribution in [2.75, 3.05) is 14.2 Å². The first-order chi connectivity index (χ1) is 8.58. The second-order valence-corrected chi connectivity index (χ2v) is 3.55. The predicted octanol–water partition coefficient (Wildman–Crippen LogP) is 1.41. The predicted molar refractivity (Wildman–Crippen MR) is 60.8 cm³/mol. The number of benzene rings is 1. The van der Waals surface area contributed by atoms with Gasteiger partial charge in [-0.2, -0.15) is 4.73 Å². The molecular formula is C12H10FNO4. The minimum absolute atomic E-state index is 0.00903. The van der Waals surface area contributed by atoms with Gasteiger partial charge < -0.3 is 14.7 Å². The molecule has 0 atom stereocenters. The number of carbonyl (C=O) groups is 1. The molecule has 2 aromatic rings. The lowest BCUT2D eigenvalue weighted by Crippen LogP contribution is -2.27. The molecule has 1 aromatic carbocycles. The minimum atomic E-state index is -0.732. The smallest absolute Gasteiger partial charge is 0.338 e. The zero-order chi connectivity index (χ0) is 13.3. The summed E-state index contributed by atoms with van der Waals surface area (Å²) in [5.74, 6) is -1.12. The van der Waals surface area contributed by atoms with Gasteiger partial charge in [0.1, 0.15) is 17.0 Å². The largest absolute Gasteiger partial charge is 0.618 e. The van der Waals surface area contributed by atoms with E-state index in [-0.39, 0.29) is 16.5 Å². The molecule has 0 aliphatic rings. The van der Waals surface area contributed by atoms with Crippen LogP contribution in [0.5, 0.6) is 5.75 Å². The van der Waals surface area contributed by atoms with Crippen molar-refractivity contribution in [1.82, 2.24) is 0 Å². The molecule has 0 spiro atoms. The highest BCUT2D eigenvalue weighted by atomic mass is 19.1. The first kappa shape index (κ1) is 12.1. The van der Waals surface area contributed by atoms with E-state index in [0.717, 1.165) is 12.1 Å². The van der Waals surface area contributed by atoms with Gasteiger partial charge in [0.15, 0.2) is 6.20 Å². The number of hydrogen-bond donors (Lipinski definition) is 0. The van der Waals surface area contributed by atoms with E-state index in [1.165, 1.54) is 26.5 Å². The number of hydrogen-bond acceptors (Lipinski definition) is 4. The second-order valence-electron chi connectivity index (χ2n) is 3.55. The van der Waals surface area contributed by atoms with Crippen LogP contribution in [0.2, 0.25) is 0 Å². The first-order valence-corrected chi connectivity index (χ1v) is 5.06. The van der Waals surface area contributed by atoms with Crippen LogP contribution in [-0.4, -0.2) is 20.2 Å². The highest BCUT2D eigenvalue weighted by Crippen LogP contribution is 2.27. The van der Waals surface area contributed by atoms with E-state index in [0.29, 0.717) is 10.5 Å². The highest BCUT2D eigenvalue weighted by Gasteiger charge is 2.21. The van der Waals surface area contributed by atoms with Gasteiger partial charge in [0.25, 0.3) is 0 Å². The maximum atomic E-state index is 13.4. The van der Waals surface area contributed by atoms with E-state index in [4.69, 9.17) is 4.74 Å². The van der Waals surface area contributed by atoms with Gasteiger partial charge in [-0.05, 0) is 6.07 Å². The van der Waals surface area contributed by atoms with Crippen LogP contribution >= 0.6 is 0 Å². The summed E-state index contributed by atoms with van der Waals surface area (Å²) < 4.78 is 23.5. The normalized spacial score (nSPS) is 10.4. The lowest BCUT2D eigenvalue weighted by Gasteiger charge is -2.09. The van der Waals surface area contributed by atoms with Gasteiger partial charge in [-0.15, -0.1) is 0 Å². The Morgan fingerprint density at radius 2 is 2.11 bits per heavy atom. The standard InChI is InChI=1S/C12H10FNO4/c1-17-10-3-4-14(16)9-6-7(13)5-8(11(9)10)12(15)18-2/h3-6H,1-2H3. The number of carbonyl (C=O) groups excluding carboxylic acids is 1. The third-order valence-corrected chi connectivity index (χ3v) is 2.55. The highest BCUT2D eigenvalue weighted by molar-refractivity contribution is 6.05. The molecule has 0 bridgehead atoms. The Balaban J connectivity index is 2.91. The topological polar surface area (TPSA) is 62.5 Å². The van der Waals surface area contributed by atoms with Crippen LogP contribution in [0.4, 0.5) is 4.39 Å². The molecule has 0 amide bonds. The van der Waals surface area contributed by atoms with Gasteiger partial charge in [0, 0.05) is 12.1 Å². The number of esters is 1. The Labute approximate surface area is 102 Å². The van der Waals surface area contributed by atoms with E-state index in [9.17, 15) is 14.4 Å². The zero-order valence-electron chi connectivity index (χ0n) is 9.77. The molecule has 0 N–H and O–H groups in total. The Kier molecular flexibility index (Phi) is 3.01. The summed E-state index contributed by atoms with van der Waals surface area (Å²) in [5, 5.41) is 11.8. The van der Waals surface area contributed by atoms with Gasteiger partial charge in [-0.25, -0.2) is 9.18 Å². The molecule has 6 heteroatoms. The van der Waals surface area contributed by atoms with Crippen molar-refractivity contribution in [3.63, 3.8) is 0 Å². The molecular weight excluding hydrogens is 241 g/mol. The van der Waals surface area contributed by atoms with Crippen molar-refractivity contribution < 1.29 is 23.4 Å². The second kappa shape index (κ2) is 4.48. The Bertz CT molecular complexity index is 627. The molecule has 1 aromatic heterocycles. The first-order valence-electron chi connectivity index (χ1n) is 5.06. The van der Waals surface area contributed by atoms with Crippen molar-refractivity contribution in [2.24, 2.45) is 0 Å². The minimum Gasteiger partial charge on any atom is -0.618 e. The molecule has 0 aliphatic heterocycles. The van der Waals surface area contributed by atoms with Gasteiger partial charge in [0.2, 0.25) is 5.52 Å². The Morgan fingerprint density at radius 1 is 1.39 bits per heavy atom. The van der Waals surface area contributed by atoms with Crippen LogP contribution in [0.15, 0.2) is 24.4 Å². The van der Waals surface area contributed by atoms with Gasteiger partial charge >= 0.3 is 5.97 Å². The molecule has 0 saturated carbocycles. The van der Waals surface area contributed by atoms with Crippen LogP contribution < -0.4 is 9.47 Å². The van der Waals surface area contributed by atoms with Gasteiger partial charge in [0.05, 0.1) is 19.8 Å². The van der Waals surface area contributed by atoms with Crippen molar-refractivity contribution in [3.8, 4) is 5.75 Å². The third-order valence-electron chi connectivity index (χ3n) is 2.55. The Hall–Kier alpha value is -2.37. The van der Waals surface area contributed by atoms with Gasteiger partial charge in [-0.3, -0.25) is 0 Å². The molecule has 18 heavy (non-hydrogen) atoms. The fourth-order valence-electron chi connectivity index (χ4n) is 1.77. The molecule has 0 radical (unpaired) electrons. The van der Waals surface area contributed by atoms with Crippen LogP contribution in [0.3, 0.4) is 0 Å². The SMILES string of the molecule is COC(=O)c1cc(F)cc2c1c(OC)cc[n+]2[O-]. The van der Waals surface area contributed by atoms with Crippen molar-refractivity contribution in [2.45, 2.75) is 0 Å². The summed E-state index contributed by atoms with van der Waals surface area (Å²) in [6.45, 7) is 0. The molecule has 0 fully saturated rings. The maximum Gasteiger partial charge on any atom is 0.338 e. The fraction of sp³-hybridized carbons (Fsp3) is 0.167. The molecule has 94 valence electrons. The summed E-state index contributed by atoms with van der Waals surface area (Å²) in [6.07, 6.45) is 1.18. The number of fused-ring (bicyclic) bond motifs is 1. The molecule has 0 unspecified atom stereocenters. The monoisotopic (exact) mass is 251 g/mol.